The van der Waals surface area contributed by atoms with E-state index in [1.54, 1.807) is 41.5 Å². The fraction of sp³-hybridized carbons (Fsp3) is 0.833. The number of carbonyl (C=O) groups excluding carboxylic acids is 2. The highest BCUT2D eigenvalue weighted by Gasteiger charge is 2.38. The molecule has 1 atom stereocenters. The Hall–Kier alpha value is -0.510. The summed E-state index contributed by atoms with van der Waals surface area (Å²) in [6.07, 6.45) is 1.19. The van der Waals surface area contributed by atoms with E-state index in [-0.39, 0.29) is 0 Å². The molecule has 0 aliphatic carbocycles. The molecule has 16 heavy (non-hydrogen) atoms. The second-order valence-electron chi connectivity index (χ2n) is 6.06. The van der Waals surface area contributed by atoms with Crippen molar-refractivity contribution in [2.24, 2.45) is 5.41 Å². The van der Waals surface area contributed by atoms with Crippen LogP contribution < -0.4 is 0 Å². The molecule has 0 aliphatic rings. The van der Waals surface area contributed by atoms with Crippen LogP contribution in [0.5, 0.6) is 0 Å². The summed E-state index contributed by atoms with van der Waals surface area (Å²) in [6, 6.07) is 0. The molecule has 94 valence electrons. The van der Waals surface area contributed by atoms with Crippen LogP contribution in [-0.2, 0) is 14.3 Å². The van der Waals surface area contributed by atoms with Crippen LogP contribution in [0, 0.1) is 5.41 Å². The Kier molecular flexibility index (Phi) is 4.63. The van der Waals surface area contributed by atoms with Crippen LogP contribution in [0.3, 0.4) is 0 Å². The maximum Gasteiger partial charge on any atom is 0.322 e. The lowest BCUT2D eigenvalue weighted by atomic mass is 9.84. The van der Waals surface area contributed by atoms with E-state index in [0.29, 0.717) is 6.42 Å². The van der Waals surface area contributed by atoms with E-state index < -0.39 is 21.7 Å². The highest BCUT2D eigenvalue weighted by molar-refractivity contribution is 7.82. The molecule has 0 radical (unpaired) electrons. The molecule has 1 unspecified atom stereocenters. The van der Waals surface area contributed by atoms with Gasteiger partial charge in [0.1, 0.15) is 16.6 Å². The Morgan fingerprint density at radius 3 is 1.94 bits per heavy atom. The van der Waals surface area contributed by atoms with Crippen molar-refractivity contribution in [3.63, 3.8) is 0 Å². The first-order chi connectivity index (χ1) is 6.90. The van der Waals surface area contributed by atoms with E-state index in [9.17, 15) is 9.59 Å². The van der Waals surface area contributed by atoms with Gasteiger partial charge in [-0.2, -0.15) is 12.6 Å². The quantitative estimate of drug-likeness (QED) is 0.471. The summed E-state index contributed by atoms with van der Waals surface area (Å²) in [7, 11) is 0. The van der Waals surface area contributed by atoms with Gasteiger partial charge in [0.15, 0.2) is 0 Å². The van der Waals surface area contributed by atoms with Crippen molar-refractivity contribution in [2.45, 2.75) is 58.3 Å². The van der Waals surface area contributed by atoms with Gasteiger partial charge < -0.3 is 9.53 Å². The van der Waals surface area contributed by atoms with Crippen molar-refractivity contribution in [3.8, 4) is 0 Å². The molecular formula is C12H22O3S. The third-order valence-corrected chi connectivity index (χ3v) is 2.30. The van der Waals surface area contributed by atoms with E-state index in [4.69, 9.17) is 4.74 Å². The van der Waals surface area contributed by atoms with E-state index in [2.05, 4.69) is 12.6 Å². The highest BCUT2D eigenvalue weighted by atomic mass is 32.1. The number of thiol groups is 1. The largest absolute Gasteiger partial charge is 0.459 e. The van der Waals surface area contributed by atoms with Gasteiger partial charge in [-0.05, 0) is 34.1 Å². The van der Waals surface area contributed by atoms with Crippen molar-refractivity contribution >= 4 is 24.9 Å². The van der Waals surface area contributed by atoms with E-state index >= 15 is 0 Å². The number of hydrogen-bond donors (Lipinski definition) is 1. The predicted molar refractivity (Wildman–Crippen MR) is 67.7 cm³/mol. The van der Waals surface area contributed by atoms with Gasteiger partial charge in [-0.25, -0.2) is 0 Å². The monoisotopic (exact) mass is 246 g/mol. The standard InChI is InChI=1S/C12H22O3S/c1-10(2,3)15-9(14)12(6,16)7-11(4,5)8-13/h8,16H,7H2,1-6H3. The average Bonchev–Trinajstić information content (AvgIpc) is 1.99. The molecule has 0 aliphatic heterocycles. The first-order valence-corrected chi connectivity index (χ1v) is 5.76. The number of rotatable bonds is 4. The molecule has 4 heteroatoms. The number of hydrogen-bond acceptors (Lipinski definition) is 4. The van der Waals surface area contributed by atoms with Crippen molar-refractivity contribution in [2.75, 3.05) is 0 Å². The van der Waals surface area contributed by atoms with Crippen molar-refractivity contribution < 1.29 is 14.3 Å². The summed E-state index contributed by atoms with van der Waals surface area (Å²) >= 11 is 4.31. The summed E-state index contributed by atoms with van der Waals surface area (Å²) in [5.41, 5.74) is -1.11. The predicted octanol–water partition coefficient (Wildman–Crippen LogP) is 2.63. The maximum absolute atomic E-state index is 11.9. The van der Waals surface area contributed by atoms with Gasteiger partial charge in [-0.1, -0.05) is 13.8 Å². The number of esters is 1. The Balaban J connectivity index is 4.67. The zero-order valence-corrected chi connectivity index (χ0v) is 11.9. The summed E-state index contributed by atoms with van der Waals surface area (Å²) < 4.78 is 4.31. The van der Waals surface area contributed by atoms with Gasteiger partial charge >= 0.3 is 5.97 Å². The second kappa shape index (κ2) is 4.78. The lowest BCUT2D eigenvalue weighted by Crippen LogP contribution is -2.40. The molecule has 0 aromatic carbocycles. The third kappa shape index (κ3) is 5.54. The minimum atomic E-state index is -0.947. The molecule has 0 saturated carbocycles. The molecule has 0 bridgehead atoms. The Morgan fingerprint density at radius 1 is 1.19 bits per heavy atom. The molecule has 0 aromatic rings. The minimum absolute atomic E-state index is 0.349. The van der Waals surface area contributed by atoms with Gasteiger partial charge in [-0.15, -0.1) is 0 Å². The van der Waals surface area contributed by atoms with Crippen LogP contribution in [0.4, 0.5) is 0 Å². The van der Waals surface area contributed by atoms with Gasteiger partial charge in [0.05, 0.1) is 0 Å². The fourth-order valence-corrected chi connectivity index (χ4v) is 1.84. The van der Waals surface area contributed by atoms with Gasteiger partial charge in [0.25, 0.3) is 0 Å². The van der Waals surface area contributed by atoms with Crippen molar-refractivity contribution in [1.29, 1.82) is 0 Å². The Labute approximate surface area is 103 Å². The molecule has 3 nitrogen and oxygen atoms in total. The van der Waals surface area contributed by atoms with E-state index in [0.717, 1.165) is 6.29 Å². The summed E-state index contributed by atoms with van der Waals surface area (Å²) in [6.45, 7) is 10.6. The number of carbonyl (C=O) groups is 2. The summed E-state index contributed by atoms with van der Waals surface area (Å²) in [5, 5.41) is 0. The minimum Gasteiger partial charge on any atom is -0.459 e. The zero-order valence-electron chi connectivity index (χ0n) is 11.0. The normalized spacial score (nSPS) is 16.4. The van der Waals surface area contributed by atoms with Crippen molar-refractivity contribution in [1.82, 2.24) is 0 Å². The van der Waals surface area contributed by atoms with Gasteiger partial charge in [-0.3, -0.25) is 4.79 Å². The van der Waals surface area contributed by atoms with Crippen molar-refractivity contribution in [3.05, 3.63) is 0 Å². The summed E-state index contributed by atoms with van der Waals surface area (Å²) in [4.78, 5) is 22.7. The van der Waals surface area contributed by atoms with E-state index in [1.165, 1.54) is 0 Å². The van der Waals surface area contributed by atoms with Crippen LogP contribution >= 0.6 is 12.6 Å². The molecule has 0 amide bonds. The molecule has 0 aromatic heterocycles. The molecule has 0 spiro atoms. The molecular weight excluding hydrogens is 224 g/mol. The van der Waals surface area contributed by atoms with Gasteiger partial charge in [0.2, 0.25) is 0 Å². The lowest BCUT2D eigenvalue weighted by Gasteiger charge is -2.31. The Morgan fingerprint density at radius 2 is 1.62 bits per heavy atom. The first-order valence-electron chi connectivity index (χ1n) is 5.32. The van der Waals surface area contributed by atoms with Crippen LogP contribution in [0.15, 0.2) is 0 Å². The molecule has 0 rings (SSSR count). The summed E-state index contributed by atoms with van der Waals surface area (Å²) in [5.74, 6) is -0.391. The smallest absolute Gasteiger partial charge is 0.322 e. The third-order valence-electron chi connectivity index (χ3n) is 1.96. The lowest BCUT2D eigenvalue weighted by molar-refractivity contribution is -0.158. The maximum atomic E-state index is 11.9. The fourth-order valence-electron chi connectivity index (χ4n) is 1.39. The SMILES string of the molecule is CC(C)(C=O)CC(C)(S)C(=O)OC(C)(C)C. The number of ether oxygens (including phenoxy) is 1. The number of aldehydes is 1. The Bertz CT molecular complexity index is 274. The van der Waals surface area contributed by atoms with Crippen LogP contribution in [0.2, 0.25) is 0 Å². The molecule has 0 N–H and O–H groups in total. The average molecular weight is 246 g/mol. The highest BCUT2D eigenvalue weighted by Crippen LogP contribution is 2.32. The topological polar surface area (TPSA) is 43.4 Å². The van der Waals surface area contributed by atoms with Crippen LogP contribution in [0.25, 0.3) is 0 Å². The first kappa shape index (κ1) is 15.5. The molecule has 0 saturated heterocycles. The zero-order chi connectivity index (χ0) is 13.2. The van der Waals surface area contributed by atoms with Crippen LogP contribution in [-0.4, -0.2) is 22.6 Å². The second-order valence-corrected chi connectivity index (χ2v) is 7.05. The van der Waals surface area contributed by atoms with Crippen LogP contribution in [0.1, 0.15) is 48.0 Å². The molecule has 0 heterocycles. The van der Waals surface area contributed by atoms with Gasteiger partial charge in [0, 0.05) is 5.41 Å². The molecule has 0 fully saturated rings. The van der Waals surface area contributed by atoms with E-state index in [1.807, 2.05) is 0 Å².